The van der Waals surface area contributed by atoms with Crippen molar-refractivity contribution in [3.63, 3.8) is 0 Å². The number of anilines is 2. The Morgan fingerprint density at radius 1 is 1.07 bits per heavy atom. The van der Waals surface area contributed by atoms with Gasteiger partial charge in [0.1, 0.15) is 17.7 Å². The Morgan fingerprint density at radius 2 is 1.88 bits per heavy atom. The first kappa shape index (κ1) is 28.3. The van der Waals surface area contributed by atoms with E-state index in [1.54, 1.807) is 12.1 Å². The van der Waals surface area contributed by atoms with Gasteiger partial charge < -0.3 is 15.5 Å². The largest absolute Gasteiger partial charge is 0.383 e. The minimum absolute atomic E-state index is 0.268. The van der Waals surface area contributed by atoms with Gasteiger partial charge in [0.2, 0.25) is 5.95 Å². The number of fused-ring (bicyclic) bond motifs is 1. The fourth-order valence-electron chi connectivity index (χ4n) is 6.21. The number of nitrogen functional groups attached to an aromatic ring is 1. The number of nitriles is 1. The predicted octanol–water partition coefficient (Wildman–Crippen LogP) is 5.48. The maximum Gasteiger partial charge on any atom is 0.229 e. The highest BCUT2D eigenvalue weighted by Crippen LogP contribution is 2.33. The van der Waals surface area contributed by atoms with Gasteiger partial charge in [0.15, 0.2) is 11.5 Å². The third kappa shape index (κ3) is 5.76. The lowest BCUT2D eigenvalue weighted by Crippen LogP contribution is -2.38. The van der Waals surface area contributed by atoms with Gasteiger partial charge in [-0.2, -0.15) is 9.78 Å². The maximum absolute atomic E-state index is 13.9. The second-order valence-electron chi connectivity index (χ2n) is 11.7. The van der Waals surface area contributed by atoms with Gasteiger partial charge in [-0.3, -0.25) is 0 Å². The Labute approximate surface area is 250 Å². The molecule has 1 unspecified atom stereocenters. The van der Waals surface area contributed by atoms with Crippen LogP contribution < -0.4 is 10.6 Å². The van der Waals surface area contributed by atoms with Gasteiger partial charge >= 0.3 is 0 Å². The molecule has 4 aromatic rings. The first-order valence-electron chi connectivity index (χ1n) is 14.7. The summed E-state index contributed by atoms with van der Waals surface area (Å²) < 4.78 is 15.8. The molecule has 2 fully saturated rings. The highest BCUT2D eigenvalue weighted by atomic mass is 35.5. The number of nitrogens with two attached hydrogens (primary N) is 1. The SMILES string of the molecule is CC(C)N1CCC(c2nc3cc(-c4ccc(F)cc4Cl)nc(N4CCCC(Cc5ccc(C#N)c(N)n5)C4)n3n2)CC1. The number of pyridine rings is 1. The molecule has 6 rings (SSSR count). The van der Waals surface area contributed by atoms with E-state index in [2.05, 4.69) is 34.7 Å². The van der Waals surface area contributed by atoms with Crippen LogP contribution in [0.5, 0.6) is 0 Å². The first-order chi connectivity index (χ1) is 20.3. The molecule has 0 saturated carbocycles. The molecule has 1 aromatic carbocycles. The molecule has 0 aliphatic carbocycles. The monoisotopic (exact) mass is 587 g/mol. The fraction of sp³-hybridized carbons (Fsp3) is 0.452. The Morgan fingerprint density at radius 3 is 2.60 bits per heavy atom. The zero-order valence-corrected chi connectivity index (χ0v) is 24.7. The van der Waals surface area contributed by atoms with E-state index in [1.165, 1.54) is 12.1 Å². The van der Waals surface area contributed by atoms with Gasteiger partial charge in [-0.05, 0) is 95.3 Å². The van der Waals surface area contributed by atoms with Crippen LogP contribution in [-0.2, 0) is 6.42 Å². The van der Waals surface area contributed by atoms with Gasteiger partial charge in [0.05, 0.1) is 16.3 Å². The van der Waals surface area contributed by atoms with Crippen molar-refractivity contribution in [2.24, 2.45) is 5.92 Å². The van der Waals surface area contributed by atoms with Crippen molar-refractivity contribution >= 4 is 29.0 Å². The summed E-state index contributed by atoms with van der Waals surface area (Å²) in [5.41, 5.74) is 9.26. The van der Waals surface area contributed by atoms with Crippen LogP contribution in [-0.4, -0.2) is 61.7 Å². The summed E-state index contributed by atoms with van der Waals surface area (Å²) in [7, 11) is 0. The smallest absolute Gasteiger partial charge is 0.229 e. The molecule has 2 aliphatic heterocycles. The third-order valence-corrected chi connectivity index (χ3v) is 8.87. The van der Waals surface area contributed by atoms with Crippen LogP contribution >= 0.6 is 11.6 Å². The molecule has 218 valence electrons. The summed E-state index contributed by atoms with van der Waals surface area (Å²) in [5.74, 6) is 2.03. The number of rotatable bonds is 6. The molecule has 3 aromatic heterocycles. The summed E-state index contributed by atoms with van der Waals surface area (Å²) in [5, 5.41) is 14.5. The number of aromatic nitrogens is 5. The second-order valence-corrected chi connectivity index (χ2v) is 12.1. The van der Waals surface area contributed by atoms with Crippen LogP contribution in [0.4, 0.5) is 16.2 Å². The normalized spacial score (nSPS) is 18.6. The number of nitrogens with zero attached hydrogens (tertiary/aromatic N) is 8. The zero-order chi connectivity index (χ0) is 29.4. The fourth-order valence-corrected chi connectivity index (χ4v) is 6.48. The van der Waals surface area contributed by atoms with Crippen molar-refractivity contribution in [2.45, 2.75) is 57.9 Å². The van der Waals surface area contributed by atoms with E-state index in [0.717, 1.165) is 69.8 Å². The van der Waals surface area contributed by atoms with E-state index >= 15 is 0 Å². The second kappa shape index (κ2) is 11.8. The summed E-state index contributed by atoms with van der Waals surface area (Å²) in [6, 6.07) is 12.5. The third-order valence-electron chi connectivity index (χ3n) is 8.56. The highest BCUT2D eigenvalue weighted by molar-refractivity contribution is 6.33. The lowest BCUT2D eigenvalue weighted by atomic mass is 9.93. The standard InChI is InChI=1S/C31H35ClFN9/c1-19(2)40-12-9-21(10-13-40)30-38-28-16-27(25-8-6-23(33)15-26(25)32)37-31(42(28)39-30)41-11-3-4-20(18-41)14-24-7-5-22(17-34)29(35)36-24/h5-8,15-16,19-21H,3-4,9-14,18H2,1-2H3,(H2,35,36). The number of halogens is 2. The van der Waals surface area contributed by atoms with E-state index in [4.69, 9.17) is 32.4 Å². The van der Waals surface area contributed by atoms with E-state index in [0.29, 0.717) is 45.4 Å². The zero-order valence-electron chi connectivity index (χ0n) is 24.0. The van der Waals surface area contributed by atoms with Crippen LogP contribution in [0.1, 0.15) is 62.5 Å². The van der Waals surface area contributed by atoms with Crippen LogP contribution in [0.3, 0.4) is 0 Å². The van der Waals surface area contributed by atoms with Crippen LogP contribution in [0.25, 0.3) is 16.9 Å². The number of benzene rings is 1. The van der Waals surface area contributed by atoms with Gasteiger partial charge in [-0.1, -0.05) is 11.6 Å². The van der Waals surface area contributed by atoms with Crippen molar-refractivity contribution in [3.05, 3.63) is 64.3 Å². The van der Waals surface area contributed by atoms with Crippen molar-refractivity contribution in [3.8, 4) is 17.3 Å². The molecule has 0 radical (unpaired) electrons. The van der Waals surface area contributed by atoms with E-state index < -0.39 is 5.82 Å². The number of hydrogen-bond donors (Lipinski definition) is 1. The molecule has 9 nitrogen and oxygen atoms in total. The molecule has 42 heavy (non-hydrogen) atoms. The molecule has 0 amide bonds. The minimum atomic E-state index is -0.390. The van der Waals surface area contributed by atoms with E-state index in [1.807, 2.05) is 16.6 Å². The predicted molar refractivity (Wildman–Crippen MR) is 162 cm³/mol. The van der Waals surface area contributed by atoms with Crippen molar-refractivity contribution in [1.82, 2.24) is 29.5 Å². The number of hydrogen-bond acceptors (Lipinski definition) is 8. The molecule has 2 aliphatic rings. The summed E-state index contributed by atoms with van der Waals surface area (Å²) in [6.07, 6.45) is 4.80. The quantitative estimate of drug-likeness (QED) is 0.316. The summed E-state index contributed by atoms with van der Waals surface area (Å²) in [6.45, 7) is 8.11. The van der Waals surface area contributed by atoms with Crippen molar-refractivity contribution in [2.75, 3.05) is 36.8 Å². The highest BCUT2D eigenvalue weighted by Gasteiger charge is 2.29. The molecule has 5 heterocycles. The molecule has 2 saturated heterocycles. The van der Waals surface area contributed by atoms with Gasteiger partial charge in [0, 0.05) is 42.4 Å². The van der Waals surface area contributed by atoms with Crippen molar-refractivity contribution < 1.29 is 4.39 Å². The number of likely N-dealkylation sites (tertiary alicyclic amines) is 1. The number of piperidine rings is 2. The van der Waals surface area contributed by atoms with Crippen LogP contribution in [0.2, 0.25) is 5.02 Å². The molecular formula is C31H35ClFN9. The van der Waals surface area contributed by atoms with E-state index in [9.17, 15) is 9.65 Å². The van der Waals surface area contributed by atoms with E-state index in [-0.39, 0.29) is 11.7 Å². The van der Waals surface area contributed by atoms with Crippen LogP contribution in [0.15, 0.2) is 36.4 Å². The van der Waals surface area contributed by atoms with Gasteiger partial charge in [0.25, 0.3) is 0 Å². The maximum atomic E-state index is 13.9. The molecular weight excluding hydrogens is 553 g/mol. The Hall–Kier alpha value is -3.81. The molecule has 1 atom stereocenters. The minimum Gasteiger partial charge on any atom is -0.383 e. The summed E-state index contributed by atoms with van der Waals surface area (Å²) in [4.78, 5) is 19.3. The molecule has 0 bridgehead atoms. The van der Waals surface area contributed by atoms with Crippen molar-refractivity contribution in [1.29, 1.82) is 5.26 Å². The molecule has 2 N–H and O–H groups in total. The Balaban J connectivity index is 1.34. The average molecular weight is 588 g/mol. The lowest BCUT2D eigenvalue weighted by Gasteiger charge is -2.34. The lowest BCUT2D eigenvalue weighted by molar-refractivity contribution is 0.169. The van der Waals surface area contributed by atoms with Gasteiger partial charge in [-0.25, -0.2) is 19.3 Å². The summed E-state index contributed by atoms with van der Waals surface area (Å²) >= 11 is 6.49. The first-order valence-corrected chi connectivity index (χ1v) is 15.0. The topological polar surface area (TPSA) is 112 Å². The van der Waals surface area contributed by atoms with Gasteiger partial charge in [-0.15, -0.1) is 5.10 Å². The van der Waals surface area contributed by atoms with Crippen LogP contribution in [0, 0.1) is 23.1 Å². The Bertz CT molecular complexity index is 1640. The molecule has 11 heteroatoms. The molecule has 0 spiro atoms. The Kier molecular flexibility index (Phi) is 7.97. The average Bonchev–Trinajstić information content (AvgIpc) is 3.41.